The van der Waals surface area contributed by atoms with E-state index in [0.717, 1.165) is 0 Å². The first kappa shape index (κ1) is 12.9. The van der Waals surface area contributed by atoms with Gasteiger partial charge in [0.15, 0.2) is 0 Å². The van der Waals surface area contributed by atoms with Gasteiger partial charge in [0.1, 0.15) is 5.82 Å². The number of nitrogens with one attached hydrogen (secondary N) is 1. The predicted octanol–water partition coefficient (Wildman–Crippen LogP) is 0.460. The van der Waals surface area contributed by atoms with Gasteiger partial charge in [-0.05, 0) is 19.1 Å². The predicted molar refractivity (Wildman–Crippen MR) is 72.5 cm³/mol. The van der Waals surface area contributed by atoms with Crippen LogP contribution in [0.2, 0.25) is 0 Å². The van der Waals surface area contributed by atoms with Crippen molar-refractivity contribution in [2.75, 3.05) is 11.1 Å². The lowest BCUT2D eigenvalue weighted by molar-refractivity contribution is 0.100. The molecule has 0 bridgehead atoms. The number of nitrogens with two attached hydrogens (primary N) is 2. The molecule has 0 radical (unpaired) electrons. The number of nitrogen functional groups attached to an aromatic ring is 1. The van der Waals surface area contributed by atoms with Gasteiger partial charge in [-0.2, -0.15) is 5.10 Å². The molecule has 0 aliphatic carbocycles. The maximum Gasteiger partial charge on any atom is 0.250 e. The summed E-state index contributed by atoms with van der Waals surface area (Å²) < 4.78 is 1.81. The maximum atomic E-state index is 11.2. The van der Waals surface area contributed by atoms with E-state index in [1.807, 2.05) is 23.9 Å². The van der Waals surface area contributed by atoms with Gasteiger partial charge in [-0.3, -0.25) is 9.48 Å². The van der Waals surface area contributed by atoms with Crippen LogP contribution in [-0.4, -0.2) is 26.7 Å². The van der Waals surface area contributed by atoms with E-state index in [1.54, 1.807) is 12.3 Å². The van der Waals surface area contributed by atoms with E-state index in [4.69, 9.17) is 11.5 Å². The van der Waals surface area contributed by atoms with Gasteiger partial charge in [0.2, 0.25) is 0 Å². The van der Waals surface area contributed by atoms with E-state index in [1.165, 1.54) is 6.20 Å². The van der Waals surface area contributed by atoms with Crippen LogP contribution in [0.1, 0.15) is 17.3 Å². The van der Waals surface area contributed by atoms with Crippen molar-refractivity contribution < 1.29 is 4.79 Å². The van der Waals surface area contributed by atoms with Crippen LogP contribution in [0.25, 0.3) is 0 Å². The number of pyridine rings is 1. The monoisotopic (exact) mass is 260 g/mol. The van der Waals surface area contributed by atoms with Crippen molar-refractivity contribution in [3.05, 3.63) is 36.3 Å². The van der Waals surface area contributed by atoms with Crippen LogP contribution < -0.4 is 16.8 Å². The van der Waals surface area contributed by atoms with Crippen molar-refractivity contribution in [1.82, 2.24) is 14.8 Å². The normalized spacial score (nSPS) is 12.1. The van der Waals surface area contributed by atoms with E-state index < -0.39 is 5.91 Å². The molecule has 1 unspecified atom stereocenters. The number of nitrogens with zero attached hydrogens (tertiary/aromatic N) is 3. The zero-order valence-corrected chi connectivity index (χ0v) is 10.6. The molecule has 0 saturated carbocycles. The third-order valence-electron chi connectivity index (χ3n) is 2.61. The van der Waals surface area contributed by atoms with Crippen LogP contribution in [0.15, 0.2) is 30.7 Å². The van der Waals surface area contributed by atoms with Crippen LogP contribution >= 0.6 is 0 Å². The number of amides is 1. The second kappa shape index (κ2) is 5.38. The van der Waals surface area contributed by atoms with Gasteiger partial charge in [0.05, 0.1) is 24.0 Å². The van der Waals surface area contributed by atoms with Crippen molar-refractivity contribution in [3.8, 4) is 0 Å². The zero-order valence-electron chi connectivity index (χ0n) is 10.6. The molecule has 0 aromatic carbocycles. The molecule has 1 amide bonds. The average Bonchev–Trinajstić information content (AvgIpc) is 2.84. The van der Waals surface area contributed by atoms with Gasteiger partial charge in [-0.25, -0.2) is 4.98 Å². The minimum Gasteiger partial charge on any atom is -0.397 e. The molecule has 2 heterocycles. The van der Waals surface area contributed by atoms with Gasteiger partial charge in [-0.15, -0.1) is 0 Å². The fourth-order valence-corrected chi connectivity index (χ4v) is 1.75. The summed E-state index contributed by atoms with van der Waals surface area (Å²) in [6, 6.07) is 3.51. The summed E-state index contributed by atoms with van der Waals surface area (Å²) in [6.45, 7) is 2.68. The topological polar surface area (TPSA) is 112 Å². The lowest BCUT2D eigenvalue weighted by atomic mass is 10.2. The van der Waals surface area contributed by atoms with Crippen LogP contribution in [0, 0.1) is 0 Å². The number of hydrogen-bond acceptors (Lipinski definition) is 5. The van der Waals surface area contributed by atoms with E-state index in [-0.39, 0.29) is 17.3 Å². The van der Waals surface area contributed by atoms with E-state index in [2.05, 4.69) is 15.4 Å². The van der Waals surface area contributed by atoms with Crippen LogP contribution in [0.4, 0.5) is 11.5 Å². The standard InChI is InChI=1S/C12H16N6O/c1-8(7-18-4-2-3-16-18)17-11-5-9(12(14)19)10(13)6-15-11/h2-6,8H,7,13H2,1H3,(H2,14,19)(H,15,17). The first-order valence-electron chi connectivity index (χ1n) is 5.85. The van der Waals surface area contributed by atoms with E-state index in [0.29, 0.717) is 12.4 Å². The van der Waals surface area contributed by atoms with Gasteiger partial charge < -0.3 is 16.8 Å². The molecule has 0 saturated heterocycles. The number of aromatic nitrogens is 3. The molecule has 0 aliphatic rings. The molecule has 7 heteroatoms. The summed E-state index contributed by atoms with van der Waals surface area (Å²) in [7, 11) is 0. The minimum absolute atomic E-state index is 0.0942. The van der Waals surface area contributed by atoms with E-state index >= 15 is 0 Å². The molecule has 0 aliphatic heterocycles. The third-order valence-corrected chi connectivity index (χ3v) is 2.61. The van der Waals surface area contributed by atoms with Gasteiger partial charge >= 0.3 is 0 Å². The Labute approximate surface area is 110 Å². The van der Waals surface area contributed by atoms with Gasteiger partial charge in [-0.1, -0.05) is 0 Å². The zero-order chi connectivity index (χ0) is 13.8. The second-order valence-electron chi connectivity index (χ2n) is 4.29. The smallest absolute Gasteiger partial charge is 0.250 e. The molecule has 100 valence electrons. The maximum absolute atomic E-state index is 11.2. The summed E-state index contributed by atoms with van der Waals surface area (Å²) in [5, 5.41) is 7.29. The molecule has 19 heavy (non-hydrogen) atoms. The largest absolute Gasteiger partial charge is 0.397 e. The molecule has 2 rings (SSSR count). The summed E-state index contributed by atoms with van der Waals surface area (Å²) in [5.74, 6) is -0.00895. The Balaban J connectivity index is 2.06. The van der Waals surface area contributed by atoms with Crippen molar-refractivity contribution in [3.63, 3.8) is 0 Å². The molecular formula is C12H16N6O. The first-order valence-corrected chi connectivity index (χ1v) is 5.85. The van der Waals surface area contributed by atoms with Crippen molar-refractivity contribution in [2.45, 2.75) is 19.5 Å². The summed E-state index contributed by atoms with van der Waals surface area (Å²) >= 11 is 0. The number of carbonyl (C=O) groups is 1. The second-order valence-corrected chi connectivity index (χ2v) is 4.29. The molecule has 0 fully saturated rings. The Kier molecular flexibility index (Phi) is 3.65. The van der Waals surface area contributed by atoms with Crippen molar-refractivity contribution >= 4 is 17.4 Å². The molecule has 7 nitrogen and oxygen atoms in total. The number of hydrogen-bond donors (Lipinski definition) is 3. The number of rotatable bonds is 5. The molecule has 2 aromatic heterocycles. The highest BCUT2D eigenvalue weighted by Gasteiger charge is 2.10. The highest BCUT2D eigenvalue weighted by molar-refractivity contribution is 5.98. The van der Waals surface area contributed by atoms with Crippen molar-refractivity contribution in [1.29, 1.82) is 0 Å². The van der Waals surface area contributed by atoms with Gasteiger partial charge in [0, 0.05) is 18.4 Å². The van der Waals surface area contributed by atoms with Gasteiger partial charge in [0.25, 0.3) is 5.91 Å². The Hall–Kier alpha value is -2.57. The average molecular weight is 260 g/mol. The summed E-state index contributed by atoms with van der Waals surface area (Å²) in [5.41, 5.74) is 11.4. The third kappa shape index (κ3) is 3.21. The lowest BCUT2D eigenvalue weighted by Gasteiger charge is -2.15. The SMILES string of the molecule is CC(Cn1cccn1)Nc1cc(C(N)=O)c(N)cn1. The summed E-state index contributed by atoms with van der Waals surface area (Å²) in [6.07, 6.45) is 5.02. The van der Waals surface area contributed by atoms with Crippen LogP contribution in [-0.2, 0) is 6.54 Å². The molecular weight excluding hydrogens is 244 g/mol. The Morgan fingerprint density at radius 2 is 2.37 bits per heavy atom. The fourth-order valence-electron chi connectivity index (χ4n) is 1.75. The van der Waals surface area contributed by atoms with Crippen molar-refractivity contribution in [2.24, 2.45) is 5.73 Å². The van der Waals surface area contributed by atoms with E-state index in [9.17, 15) is 4.79 Å². The molecule has 2 aromatic rings. The lowest BCUT2D eigenvalue weighted by Crippen LogP contribution is -2.23. The minimum atomic E-state index is -0.567. The molecule has 0 spiro atoms. The Morgan fingerprint density at radius 1 is 1.58 bits per heavy atom. The highest BCUT2D eigenvalue weighted by Crippen LogP contribution is 2.15. The molecule has 1 atom stereocenters. The van der Waals surface area contributed by atoms with Crippen LogP contribution in [0.3, 0.4) is 0 Å². The number of anilines is 2. The Bertz CT molecular complexity index is 566. The Morgan fingerprint density at radius 3 is 3.00 bits per heavy atom. The highest BCUT2D eigenvalue weighted by atomic mass is 16.1. The first-order chi connectivity index (χ1) is 9.06. The quantitative estimate of drug-likeness (QED) is 0.723. The number of carbonyl (C=O) groups excluding carboxylic acids is 1. The molecule has 5 N–H and O–H groups in total. The summed E-state index contributed by atoms with van der Waals surface area (Å²) in [4.78, 5) is 15.3. The van der Waals surface area contributed by atoms with Crippen LogP contribution in [0.5, 0.6) is 0 Å². The fraction of sp³-hybridized carbons (Fsp3) is 0.250. The number of primary amides is 1.